The van der Waals surface area contributed by atoms with Crippen molar-refractivity contribution in [1.29, 1.82) is 0 Å². The zero-order valence-electron chi connectivity index (χ0n) is 23.5. The Kier molecular flexibility index (Phi) is 9.07. The highest BCUT2D eigenvalue weighted by molar-refractivity contribution is 7.89. The van der Waals surface area contributed by atoms with Crippen molar-refractivity contribution >= 4 is 44.2 Å². The van der Waals surface area contributed by atoms with Crippen molar-refractivity contribution in [1.82, 2.24) is 14.5 Å². The average Bonchev–Trinajstić information content (AvgIpc) is 3.34. The third-order valence-electron chi connectivity index (χ3n) is 7.84. The van der Waals surface area contributed by atoms with Crippen LogP contribution in [0.5, 0.6) is 0 Å². The van der Waals surface area contributed by atoms with Crippen LogP contribution in [0.25, 0.3) is 0 Å². The lowest BCUT2D eigenvalue weighted by Gasteiger charge is -2.34. The first kappa shape index (κ1) is 29.9. The van der Waals surface area contributed by atoms with Gasteiger partial charge >= 0.3 is 6.03 Å². The van der Waals surface area contributed by atoms with Gasteiger partial charge < -0.3 is 11.1 Å². The highest BCUT2D eigenvalue weighted by atomic mass is 32.2. The maximum Gasteiger partial charge on any atom is 0.319 e. The van der Waals surface area contributed by atoms with E-state index in [1.807, 2.05) is 25.1 Å². The molecule has 4 N–H and O–H groups in total. The molecule has 1 fully saturated rings. The van der Waals surface area contributed by atoms with Crippen LogP contribution in [0, 0.1) is 0 Å². The highest BCUT2D eigenvalue weighted by Crippen LogP contribution is 2.38. The number of primary amides is 1. The molecule has 12 heteroatoms. The molecular weight excluding hydrogens is 574 g/mol. The largest absolute Gasteiger partial charge is 0.351 e. The molecule has 0 spiro atoms. The monoisotopic (exact) mass is 609 g/mol. The Balaban J connectivity index is 1.36. The first-order valence-corrected chi connectivity index (χ1v) is 16.4. The van der Waals surface area contributed by atoms with Crippen LogP contribution in [-0.2, 0) is 29.5 Å². The summed E-state index contributed by atoms with van der Waals surface area (Å²) < 4.78 is 28.2. The Labute approximate surface area is 249 Å². The number of piperidine rings is 1. The van der Waals surface area contributed by atoms with E-state index in [2.05, 4.69) is 27.7 Å². The van der Waals surface area contributed by atoms with E-state index in [1.54, 1.807) is 4.31 Å². The Bertz CT molecular complexity index is 1570. The number of sulfonamides is 1. The van der Waals surface area contributed by atoms with Gasteiger partial charge in [0.1, 0.15) is 5.00 Å². The smallest absolute Gasteiger partial charge is 0.319 e. The molecule has 42 heavy (non-hydrogen) atoms. The predicted molar refractivity (Wildman–Crippen MR) is 162 cm³/mol. The van der Waals surface area contributed by atoms with E-state index in [1.165, 1.54) is 41.2 Å². The van der Waals surface area contributed by atoms with Gasteiger partial charge in [0.25, 0.3) is 11.8 Å². The number of hydrogen-bond acceptors (Lipinski definition) is 7. The van der Waals surface area contributed by atoms with E-state index in [-0.39, 0.29) is 22.1 Å². The van der Waals surface area contributed by atoms with Crippen LogP contribution < -0.4 is 16.4 Å². The number of urea groups is 1. The summed E-state index contributed by atoms with van der Waals surface area (Å²) >= 11 is 1.29. The summed E-state index contributed by atoms with van der Waals surface area (Å²) in [6.07, 6.45) is 4.01. The number of carbonyl (C=O) groups is 3. The van der Waals surface area contributed by atoms with Gasteiger partial charge in [-0.05, 0) is 61.1 Å². The number of nitrogens with zero attached hydrogens (tertiary/aromatic N) is 2. The molecule has 3 heterocycles. The molecular formula is C30H35N5O5S2. The standard InChI is InChI=1S/C30H35N5O5S2/c1-2-22-10-6-7-16-35(22)42(39,40)23-13-11-21(12-14-23)27(36)32-29-26(28(37)33-30(31)38)24-15-17-34(19-25(24)41-29)18-20-8-4-3-5-9-20/h3-5,8-9,11-14,22H,2,6-7,10,15-19H2,1H3,(H,32,36)(H3,31,33,37,38). The second-order valence-corrected chi connectivity index (χ2v) is 13.6. The molecule has 0 radical (unpaired) electrons. The number of anilines is 1. The van der Waals surface area contributed by atoms with Crippen LogP contribution in [0.4, 0.5) is 9.80 Å². The number of hydrogen-bond donors (Lipinski definition) is 3. The molecule has 3 aromatic rings. The molecule has 2 aliphatic heterocycles. The van der Waals surface area contributed by atoms with E-state index in [9.17, 15) is 22.8 Å². The van der Waals surface area contributed by atoms with Gasteiger partial charge in [-0.15, -0.1) is 11.3 Å². The van der Waals surface area contributed by atoms with Crippen molar-refractivity contribution in [3.63, 3.8) is 0 Å². The Morgan fingerprint density at radius 3 is 2.43 bits per heavy atom. The molecule has 10 nitrogen and oxygen atoms in total. The molecule has 4 amide bonds. The third-order valence-corrected chi connectivity index (χ3v) is 10.9. The van der Waals surface area contributed by atoms with E-state index >= 15 is 0 Å². The summed E-state index contributed by atoms with van der Waals surface area (Å²) in [7, 11) is -3.68. The molecule has 1 atom stereocenters. The van der Waals surface area contributed by atoms with E-state index in [4.69, 9.17) is 5.73 Å². The molecule has 2 aliphatic rings. The summed E-state index contributed by atoms with van der Waals surface area (Å²) in [4.78, 5) is 41.1. The maximum absolute atomic E-state index is 13.3. The van der Waals surface area contributed by atoms with Crippen LogP contribution in [-0.4, -0.2) is 54.6 Å². The van der Waals surface area contributed by atoms with Crippen molar-refractivity contribution in [2.24, 2.45) is 5.73 Å². The number of rotatable bonds is 8. The number of benzene rings is 2. The van der Waals surface area contributed by atoms with Crippen LogP contribution in [0.15, 0.2) is 59.5 Å². The molecule has 1 unspecified atom stereocenters. The minimum atomic E-state index is -3.68. The number of amides is 4. The van der Waals surface area contributed by atoms with Crippen molar-refractivity contribution in [2.45, 2.75) is 63.1 Å². The van der Waals surface area contributed by atoms with Gasteiger partial charge in [0, 0.05) is 42.7 Å². The SMILES string of the molecule is CCC1CCCCN1S(=O)(=O)c1ccc(C(=O)Nc2sc3c(c2C(=O)NC(N)=O)CCN(Cc2ccccc2)C3)cc1. The fourth-order valence-electron chi connectivity index (χ4n) is 5.72. The summed E-state index contributed by atoms with van der Waals surface area (Å²) in [5.41, 5.74) is 7.67. The quantitative estimate of drug-likeness (QED) is 0.347. The topological polar surface area (TPSA) is 142 Å². The average molecular weight is 610 g/mol. The van der Waals surface area contributed by atoms with Gasteiger partial charge in [0.15, 0.2) is 0 Å². The van der Waals surface area contributed by atoms with Crippen molar-refractivity contribution in [3.05, 3.63) is 81.7 Å². The van der Waals surface area contributed by atoms with Crippen LogP contribution >= 0.6 is 11.3 Å². The minimum Gasteiger partial charge on any atom is -0.351 e. The lowest BCUT2D eigenvalue weighted by atomic mass is 10.0. The molecule has 222 valence electrons. The van der Waals surface area contributed by atoms with Gasteiger partial charge in [0.2, 0.25) is 10.0 Å². The van der Waals surface area contributed by atoms with Crippen LogP contribution in [0.1, 0.15) is 69.3 Å². The van der Waals surface area contributed by atoms with Gasteiger partial charge in [-0.3, -0.25) is 19.8 Å². The first-order valence-electron chi connectivity index (χ1n) is 14.1. The number of carbonyl (C=O) groups excluding carboxylic acids is 3. The molecule has 0 aliphatic carbocycles. The summed E-state index contributed by atoms with van der Waals surface area (Å²) in [5, 5.41) is 5.28. The Morgan fingerprint density at radius 2 is 1.74 bits per heavy atom. The van der Waals surface area contributed by atoms with Gasteiger partial charge in [-0.1, -0.05) is 43.7 Å². The maximum atomic E-state index is 13.3. The molecule has 0 saturated carbocycles. The molecule has 5 rings (SSSR count). The highest BCUT2D eigenvalue weighted by Gasteiger charge is 2.33. The number of fused-ring (bicyclic) bond motifs is 1. The number of nitrogens with two attached hydrogens (primary N) is 1. The normalized spacial score (nSPS) is 17.8. The molecule has 1 aromatic heterocycles. The van der Waals surface area contributed by atoms with E-state index < -0.39 is 27.9 Å². The lowest BCUT2D eigenvalue weighted by molar-refractivity contribution is 0.0965. The molecule has 2 aromatic carbocycles. The first-order chi connectivity index (χ1) is 20.2. The van der Waals surface area contributed by atoms with Gasteiger partial charge in [-0.25, -0.2) is 13.2 Å². The Morgan fingerprint density at radius 1 is 1.00 bits per heavy atom. The zero-order valence-corrected chi connectivity index (χ0v) is 25.1. The fourth-order valence-corrected chi connectivity index (χ4v) is 8.77. The predicted octanol–water partition coefficient (Wildman–Crippen LogP) is 4.32. The summed E-state index contributed by atoms with van der Waals surface area (Å²) in [6, 6.07) is 14.9. The van der Waals surface area contributed by atoms with Crippen molar-refractivity contribution in [3.8, 4) is 0 Å². The van der Waals surface area contributed by atoms with Crippen molar-refractivity contribution in [2.75, 3.05) is 18.4 Å². The fraction of sp³-hybridized carbons (Fsp3) is 0.367. The zero-order chi connectivity index (χ0) is 29.9. The molecule has 0 bridgehead atoms. The number of nitrogens with one attached hydrogen (secondary N) is 2. The van der Waals surface area contributed by atoms with Crippen molar-refractivity contribution < 1.29 is 22.8 Å². The Hall–Kier alpha value is -3.58. The van der Waals surface area contributed by atoms with Gasteiger partial charge in [0.05, 0.1) is 10.5 Å². The molecule has 1 saturated heterocycles. The second kappa shape index (κ2) is 12.7. The third kappa shape index (κ3) is 6.41. The minimum absolute atomic E-state index is 0.0230. The van der Waals surface area contributed by atoms with Crippen LogP contribution in [0.2, 0.25) is 0 Å². The van der Waals surface area contributed by atoms with Gasteiger partial charge in [-0.2, -0.15) is 4.31 Å². The summed E-state index contributed by atoms with van der Waals surface area (Å²) in [5.74, 6) is -1.16. The van der Waals surface area contributed by atoms with E-state index in [0.29, 0.717) is 31.1 Å². The number of thiophene rings is 1. The van der Waals surface area contributed by atoms with E-state index in [0.717, 1.165) is 42.7 Å². The number of imide groups is 1. The summed E-state index contributed by atoms with van der Waals surface area (Å²) in [6.45, 7) is 4.52. The second-order valence-electron chi connectivity index (χ2n) is 10.6. The van der Waals surface area contributed by atoms with Crippen LogP contribution in [0.3, 0.4) is 0 Å². The lowest BCUT2D eigenvalue weighted by Crippen LogP contribution is -2.43.